The lowest BCUT2D eigenvalue weighted by molar-refractivity contribution is -0.136. The van der Waals surface area contributed by atoms with Crippen LogP contribution in [-0.2, 0) is 17.8 Å². The van der Waals surface area contributed by atoms with Crippen molar-refractivity contribution in [3.05, 3.63) is 35.4 Å². The maximum Gasteiger partial charge on any atom is 0.307 e. The van der Waals surface area contributed by atoms with Gasteiger partial charge in [-0.2, -0.15) is 0 Å². The molecule has 0 amide bonds. The van der Waals surface area contributed by atoms with Gasteiger partial charge in [0.2, 0.25) is 0 Å². The van der Waals surface area contributed by atoms with Crippen molar-refractivity contribution in [3.63, 3.8) is 0 Å². The molecule has 0 saturated heterocycles. The van der Waals surface area contributed by atoms with Crippen molar-refractivity contribution in [1.29, 1.82) is 0 Å². The molecule has 1 aromatic carbocycles. The number of hydrogen-bond donors (Lipinski definition) is 2. The van der Waals surface area contributed by atoms with Crippen LogP contribution in [0.4, 0.5) is 0 Å². The van der Waals surface area contributed by atoms with Crippen molar-refractivity contribution in [2.24, 2.45) is 23.7 Å². The molecule has 3 nitrogen and oxygen atoms in total. The first-order chi connectivity index (χ1) is 9.72. The first-order valence-electron chi connectivity index (χ1n) is 7.75. The smallest absolute Gasteiger partial charge is 0.307 e. The summed E-state index contributed by atoms with van der Waals surface area (Å²) in [6.07, 6.45) is 4.54. The second-order valence-electron chi connectivity index (χ2n) is 6.78. The molecule has 3 saturated carbocycles. The molecule has 0 heterocycles. The fraction of sp³-hybridized carbons (Fsp3) is 0.588. The standard InChI is InChI=1S/C17H21NO2/c19-14(20)7-10-1-3-11(4-2-10)9-18-17-15-12-5-6-13(8-12)16(15)17/h1-4,12-13,15-18H,5-9H2,(H,19,20). The van der Waals surface area contributed by atoms with Crippen molar-refractivity contribution in [3.8, 4) is 0 Å². The van der Waals surface area contributed by atoms with E-state index < -0.39 is 5.97 Å². The molecule has 0 radical (unpaired) electrons. The Hall–Kier alpha value is -1.35. The van der Waals surface area contributed by atoms with Crippen LogP contribution >= 0.6 is 0 Å². The van der Waals surface area contributed by atoms with E-state index in [-0.39, 0.29) is 6.42 Å². The van der Waals surface area contributed by atoms with Gasteiger partial charge >= 0.3 is 5.97 Å². The molecule has 20 heavy (non-hydrogen) atoms. The Morgan fingerprint density at radius 2 is 1.70 bits per heavy atom. The molecule has 3 fully saturated rings. The second-order valence-corrected chi connectivity index (χ2v) is 6.78. The van der Waals surface area contributed by atoms with Gasteiger partial charge in [0.15, 0.2) is 0 Å². The second kappa shape index (κ2) is 4.59. The zero-order chi connectivity index (χ0) is 13.7. The minimum Gasteiger partial charge on any atom is -0.481 e. The van der Waals surface area contributed by atoms with Crippen molar-refractivity contribution in [2.75, 3.05) is 0 Å². The molecular weight excluding hydrogens is 250 g/mol. The Morgan fingerprint density at radius 1 is 1.10 bits per heavy atom. The summed E-state index contributed by atoms with van der Waals surface area (Å²) in [5, 5.41) is 12.5. The van der Waals surface area contributed by atoms with E-state index in [0.717, 1.165) is 41.8 Å². The highest BCUT2D eigenvalue weighted by Gasteiger charge is 2.64. The van der Waals surface area contributed by atoms with Crippen LogP contribution in [0.1, 0.15) is 30.4 Å². The van der Waals surface area contributed by atoms with Gasteiger partial charge in [0.05, 0.1) is 6.42 Å². The highest BCUT2D eigenvalue weighted by atomic mass is 16.4. The Balaban J connectivity index is 1.31. The number of benzene rings is 1. The predicted octanol–water partition coefficient (Wildman–Crippen LogP) is 2.45. The molecule has 0 aromatic heterocycles. The van der Waals surface area contributed by atoms with E-state index in [2.05, 4.69) is 17.4 Å². The van der Waals surface area contributed by atoms with E-state index in [9.17, 15) is 4.79 Å². The van der Waals surface area contributed by atoms with Gasteiger partial charge < -0.3 is 10.4 Å². The van der Waals surface area contributed by atoms with Crippen LogP contribution in [-0.4, -0.2) is 17.1 Å². The van der Waals surface area contributed by atoms with Crippen LogP contribution in [0.25, 0.3) is 0 Å². The third-order valence-electron chi connectivity index (χ3n) is 5.66. The average Bonchev–Trinajstić information content (AvgIpc) is 2.81. The highest BCUT2D eigenvalue weighted by molar-refractivity contribution is 5.70. The van der Waals surface area contributed by atoms with Crippen molar-refractivity contribution in [1.82, 2.24) is 5.32 Å². The number of aliphatic carboxylic acids is 1. The first-order valence-corrected chi connectivity index (χ1v) is 7.75. The van der Waals surface area contributed by atoms with Gasteiger partial charge in [-0.1, -0.05) is 24.3 Å². The monoisotopic (exact) mass is 271 g/mol. The maximum atomic E-state index is 10.6. The lowest BCUT2D eigenvalue weighted by Crippen LogP contribution is -2.22. The number of fused-ring (bicyclic) bond motifs is 5. The van der Waals surface area contributed by atoms with Crippen molar-refractivity contribution < 1.29 is 9.90 Å². The number of carbonyl (C=O) groups is 1. The Morgan fingerprint density at radius 3 is 2.30 bits per heavy atom. The molecule has 4 rings (SSSR count). The Labute approximate surface area is 119 Å². The summed E-state index contributed by atoms with van der Waals surface area (Å²) in [4.78, 5) is 10.6. The van der Waals surface area contributed by atoms with E-state index in [1.807, 2.05) is 12.1 Å². The van der Waals surface area contributed by atoms with Gasteiger partial charge in [0.1, 0.15) is 0 Å². The molecule has 2 N–H and O–H groups in total. The summed E-state index contributed by atoms with van der Waals surface area (Å²) in [5.74, 6) is 3.21. The van der Waals surface area contributed by atoms with Gasteiger partial charge in [-0.3, -0.25) is 4.79 Å². The third kappa shape index (κ3) is 2.05. The molecule has 2 bridgehead atoms. The molecule has 3 aliphatic rings. The van der Waals surface area contributed by atoms with Crippen LogP contribution in [0.5, 0.6) is 0 Å². The minimum absolute atomic E-state index is 0.115. The highest BCUT2D eigenvalue weighted by Crippen LogP contribution is 2.65. The largest absolute Gasteiger partial charge is 0.481 e. The number of nitrogens with one attached hydrogen (secondary N) is 1. The van der Waals surface area contributed by atoms with Crippen molar-refractivity contribution in [2.45, 2.75) is 38.3 Å². The molecule has 0 aliphatic heterocycles. The van der Waals surface area contributed by atoms with E-state index in [0.29, 0.717) is 0 Å². The molecule has 0 spiro atoms. The SMILES string of the molecule is O=C(O)Cc1ccc(CNC2C3C4CCC(C4)C23)cc1. The third-order valence-corrected chi connectivity index (χ3v) is 5.66. The van der Waals surface area contributed by atoms with Gasteiger partial charge in [0, 0.05) is 12.6 Å². The maximum absolute atomic E-state index is 10.6. The molecule has 4 atom stereocenters. The lowest BCUT2D eigenvalue weighted by Gasteiger charge is -2.10. The molecule has 3 heteroatoms. The zero-order valence-corrected chi connectivity index (χ0v) is 11.6. The van der Waals surface area contributed by atoms with E-state index >= 15 is 0 Å². The van der Waals surface area contributed by atoms with E-state index in [1.165, 1.54) is 24.8 Å². The molecule has 4 unspecified atom stereocenters. The van der Waals surface area contributed by atoms with E-state index in [4.69, 9.17) is 5.11 Å². The van der Waals surface area contributed by atoms with Gasteiger partial charge in [-0.25, -0.2) is 0 Å². The van der Waals surface area contributed by atoms with Crippen molar-refractivity contribution >= 4 is 5.97 Å². The topological polar surface area (TPSA) is 49.3 Å². The zero-order valence-electron chi connectivity index (χ0n) is 11.6. The van der Waals surface area contributed by atoms with Gasteiger partial charge in [-0.05, 0) is 54.1 Å². The van der Waals surface area contributed by atoms with Crippen LogP contribution in [0.3, 0.4) is 0 Å². The first kappa shape index (κ1) is 12.4. The molecule has 106 valence electrons. The average molecular weight is 271 g/mol. The van der Waals surface area contributed by atoms with Crippen LogP contribution in [0, 0.1) is 23.7 Å². The summed E-state index contributed by atoms with van der Waals surface area (Å²) in [7, 11) is 0. The van der Waals surface area contributed by atoms with Crippen LogP contribution < -0.4 is 5.32 Å². The summed E-state index contributed by atoms with van der Waals surface area (Å²) in [6.45, 7) is 0.921. The van der Waals surface area contributed by atoms with Gasteiger partial charge in [0.25, 0.3) is 0 Å². The fourth-order valence-corrected chi connectivity index (χ4v) is 4.78. The fourth-order valence-electron chi connectivity index (χ4n) is 4.78. The quantitative estimate of drug-likeness (QED) is 0.865. The number of rotatable bonds is 5. The van der Waals surface area contributed by atoms with Gasteiger partial charge in [-0.15, -0.1) is 0 Å². The minimum atomic E-state index is -0.767. The molecule has 3 aliphatic carbocycles. The predicted molar refractivity (Wildman–Crippen MR) is 76.2 cm³/mol. The van der Waals surface area contributed by atoms with E-state index in [1.54, 1.807) is 0 Å². The summed E-state index contributed by atoms with van der Waals surface area (Å²) < 4.78 is 0. The van der Waals surface area contributed by atoms with Crippen LogP contribution in [0.2, 0.25) is 0 Å². The van der Waals surface area contributed by atoms with Crippen LogP contribution in [0.15, 0.2) is 24.3 Å². The number of carboxylic acid groups (broad SMARTS) is 1. The number of carboxylic acids is 1. The summed E-state index contributed by atoms with van der Waals surface area (Å²) in [6, 6.07) is 8.74. The Bertz CT molecular complexity index is 508. The normalized spacial score (nSPS) is 36.9. The molecule has 1 aromatic rings. The number of hydrogen-bond acceptors (Lipinski definition) is 2. The summed E-state index contributed by atoms with van der Waals surface area (Å²) >= 11 is 0. The lowest BCUT2D eigenvalue weighted by atomic mass is 10.0. The summed E-state index contributed by atoms with van der Waals surface area (Å²) in [5.41, 5.74) is 2.14. The Kier molecular flexibility index (Phi) is 2.84. The molecular formula is C17H21NO2.